The molecule has 4 rings (SSSR count). The molecule has 2 heterocycles. The zero-order chi connectivity index (χ0) is 22.3. The highest BCUT2D eigenvalue weighted by Gasteiger charge is 2.25. The summed E-state index contributed by atoms with van der Waals surface area (Å²) in [6.07, 6.45) is 0.0508. The van der Waals surface area contributed by atoms with E-state index in [9.17, 15) is 4.79 Å². The van der Waals surface area contributed by atoms with Crippen LogP contribution in [0.25, 0.3) is 0 Å². The van der Waals surface area contributed by atoms with Crippen molar-refractivity contribution in [3.05, 3.63) is 65.2 Å². The highest BCUT2D eigenvalue weighted by Crippen LogP contribution is 2.25. The van der Waals surface area contributed by atoms with Crippen LogP contribution >= 0.6 is 0 Å². The SMILES string of the molecule is CCNC(=NCc1ccc(N2CCNC(=O)C2)cc1)N1CCOC(c2ccccc2C)C1. The van der Waals surface area contributed by atoms with E-state index in [1.165, 1.54) is 11.1 Å². The highest BCUT2D eigenvalue weighted by atomic mass is 16.5. The maximum atomic E-state index is 11.6. The fraction of sp³-hybridized carbons (Fsp3) is 0.440. The molecule has 0 bridgehead atoms. The second kappa shape index (κ2) is 10.5. The summed E-state index contributed by atoms with van der Waals surface area (Å²) in [5, 5.41) is 6.31. The lowest BCUT2D eigenvalue weighted by atomic mass is 10.0. The maximum absolute atomic E-state index is 11.6. The zero-order valence-corrected chi connectivity index (χ0v) is 19.0. The number of piperazine rings is 1. The highest BCUT2D eigenvalue weighted by molar-refractivity contribution is 5.82. The van der Waals surface area contributed by atoms with Crippen molar-refractivity contribution >= 4 is 17.6 Å². The van der Waals surface area contributed by atoms with E-state index < -0.39 is 0 Å². The topological polar surface area (TPSA) is 69.2 Å². The summed E-state index contributed by atoms with van der Waals surface area (Å²) in [7, 11) is 0. The van der Waals surface area contributed by atoms with Gasteiger partial charge >= 0.3 is 0 Å². The number of aliphatic imine (C=N–C) groups is 1. The van der Waals surface area contributed by atoms with Crippen LogP contribution in [0.1, 0.15) is 29.7 Å². The third-order valence-electron chi connectivity index (χ3n) is 5.99. The molecule has 0 radical (unpaired) electrons. The molecule has 0 aliphatic carbocycles. The number of carbonyl (C=O) groups is 1. The molecule has 0 saturated carbocycles. The molecule has 1 amide bonds. The number of carbonyl (C=O) groups excluding carboxylic acids is 1. The van der Waals surface area contributed by atoms with Crippen LogP contribution in [0.5, 0.6) is 0 Å². The van der Waals surface area contributed by atoms with Crippen molar-refractivity contribution in [2.75, 3.05) is 50.8 Å². The molecular formula is C25H33N5O2. The van der Waals surface area contributed by atoms with E-state index in [4.69, 9.17) is 9.73 Å². The fourth-order valence-electron chi connectivity index (χ4n) is 4.24. The summed E-state index contributed by atoms with van der Waals surface area (Å²) in [4.78, 5) is 21.0. The van der Waals surface area contributed by atoms with Gasteiger partial charge in [-0.2, -0.15) is 0 Å². The van der Waals surface area contributed by atoms with Crippen LogP contribution in [-0.4, -0.2) is 62.6 Å². The van der Waals surface area contributed by atoms with E-state index in [2.05, 4.69) is 82.8 Å². The van der Waals surface area contributed by atoms with Gasteiger partial charge in [0.25, 0.3) is 0 Å². The Morgan fingerprint density at radius 1 is 1.19 bits per heavy atom. The zero-order valence-electron chi connectivity index (χ0n) is 19.0. The lowest BCUT2D eigenvalue weighted by molar-refractivity contribution is -0.120. The molecule has 2 aliphatic rings. The molecule has 2 fully saturated rings. The molecule has 7 heteroatoms. The summed E-state index contributed by atoms with van der Waals surface area (Å²) in [5.74, 6) is 1.00. The summed E-state index contributed by atoms with van der Waals surface area (Å²) in [6, 6.07) is 16.8. The van der Waals surface area contributed by atoms with E-state index >= 15 is 0 Å². The average molecular weight is 436 g/mol. The molecule has 2 aromatic carbocycles. The Bertz CT molecular complexity index is 944. The molecule has 7 nitrogen and oxygen atoms in total. The molecule has 32 heavy (non-hydrogen) atoms. The van der Waals surface area contributed by atoms with Crippen LogP contribution in [0.15, 0.2) is 53.5 Å². The summed E-state index contributed by atoms with van der Waals surface area (Å²) in [5.41, 5.74) is 4.73. The van der Waals surface area contributed by atoms with Crippen molar-refractivity contribution in [1.82, 2.24) is 15.5 Å². The van der Waals surface area contributed by atoms with Crippen LogP contribution < -0.4 is 15.5 Å². The second-order valence-electron chi connectivity index (χ2n) is 8.27. The predicted octanol–water partition coefficient (Wildman–Crippen LogP) is 2.47. The Balaban J connectivity index is 1.42. The smallest absolute Gasteiger partial charge is 0.239 e. The largest absolute Gasteiger partial charge is 0.370 e. The number of hydrogen-bond acceptors (Lipinski definition) is 4. The predicted molar refractivity (Wildman–Crippen MR) is 128 cm³/mol. The molecule has 170 valence electrons. The number of benzene rings is 2. The van der Waals surface area contributed by atoms with Gasteiger partial charge in [0.05, 0.1) is 26.2 Å². The van der Waals surface area contributed by atoms with Gasteiger partial charge in [-0.15, -0.1) is 0 Å². The number of morpholine rings is 1. The molecule has 1 atom stereocenters. The first-order valence-electron chi connectivity index (χ1n) is 11.4. The Kier molecular flexibility index (Phi) is 7.27. The van der Waals surface area contributed by atoms with E-state index in [0.717, 1.165) is 43.4 Å². The van der Waals surface area contributed by atoms with Crippen LogP contribution in [0.3, 0.4) is 0 Å². The van der Waals surface area contributed by atoms with Gasteiger partial charge in [-0.1, -0.05) is 36.4 Å². The number of guanidine groups is 1. The van der Waals surface area contributed by atoms with Crippen molar-refractivity contribution in [2.45, 2.75) is 26.5 Å². The number of nitrogens with zero attached hydrogens (tertiary/aromatic N) is 3. The first kappa shape index (κ1) is 22.1. The van der Waals surface area contributed by atoms with Crippen molar-refractivity contribution in [3.63, 3.8) is 0 Å². The third kappa shape index (κ3) is 5.40. The van der Waals surface area contributed by atoms with Crippen LogP contribution in [0, 0.1) is 6.92 Å². The van der Waals surface area contributed by atoms with Gasteiger partial charge in [0.15, 0.2) is 5.96 Å². The number of amides is 1. The summed E-state index contributed by atoms with van der Waals surface area (Å²) >= 11 is 0. The van der Waals surface area contributed by atoms with Crippen LogP contribution in [0.4, 0.5) is 5.69 Å². The first-order valence-corrected chi connectivity index (χ1v) is 11.4. The summed E-state index contributed by atoms with van der Waals surface area (Å²) in [6.45, 7) is 9.90. The number of nitrogens with one attached hydrogen (secondary N) is 2. The van der Waals surface area contributed by atoms with Gasteiger partial charge in [-0.05, 0) is 42.7 Å². The normalized spacial score (nSPS) is 19.6. The standard InChI is InChI=1S/C25H33N5O2/c1-3-26-25(30-14-15-32-23(17-30)22-7-5-4-6-19(22)2)28-16-20-8-10-21(11-9-20)29-13-12-27-24(31)18-29/h4-11,23H,3,12-18H2,1-2H3,(H,26,28)(H,27,31). The molecule has 0 aromatic heterocycles. The van der Waals surface area contributed by atoms with Gasteiger partial charge in [0.1, 0.15) is 6.10 Å². The van der Waals surface area contributed by atoms with E-state index in [1.807, 2.05) is 0 Å². The average Bonchev–Trinajstić information content (AvgIpc) is 2.82. The number of anilines is 1. The Labute approximate surface area is 190 Å². The Morgan fingerprint density at radius 3 is 2.75 bits per heavy atom. The van der Waals surface area contributed by atoms with Gasteiger partial charge in [-0.3, -0.25) is 4.79 Å². The first-order chi connectivity index (χ1) is 15.6. The van der Waals surface area contributed by atoms with Crippen molar-refractivity contribution in [3.8, 4) is 0 Å². The number of hydrogen-bond donors (Lipinski definition) is 2. The summed E-state index contributed by atoms with van der Waals surface area (Å²) < 4.78 is 6.09. The minimum absolute atomic E-state index is 0.0508. The Morgan fingerprint density at radius 2 is 2.00 bits per heavy atom. The molecule has 2 aliphatic heterocycles. The van der Waals surface area contributed by atoms with Crippen LogP contribution in [0.2, 0.25) is 0 Å². The van der Waals surface area contributed by atoms with Crippen molar-refractivity contribution in [2.24, 2.45) is 4.99 Å². The van der Waals surface area contributed by atoms with E-state index in [0.29, 0.717) is 26.2 Å². The molecular weight excluding hydrogens is 402 g/mol. The van der Waals surface area contributed by atoms with Crippen molar-refractivity contribution < 1.29 is 9.53 Å². The maximum Gasteiger partial charge on any atom is 0.239 e. The lowest BCUT2D eigenvalue weighted by Gasteiger charge is -2.35. The minimum atomic E-state index is 0.0508. The van der Waals surface area contributed by atoms with Crippen LogP contribution in [-0.2, 0) is 16.1 Å². The Hall–Kier alpha value is -3.06. The molecule has 2 N–H and O–H groups in total. The molecule has 2 aromatic rings. The number of ether oxygens (including phenoxy) is 1. The quantitative estimate of drug-likeness (QED) is 0.558. The molecule has 0 spiro atoms. The molecule has 2 saturated heterocycles. The minimum Gasteiger partial charge on any atom is -0.370 e. The number of aryl methyl sites for hydroxylation is 1. The lowest BCUT2D eigenvalue weighted by Crippen LogP contribution is -2.48. The van der Waals surface area contributed by atoms with Gasteiger partial charge < -0.3 is 25.2 Å². The van der Waals surface area contributed by atoms with Gasteiger partial charge in [-0.25, -0.2) is 4.99 Å². The van der Waals surface area contributed by atoms with Gasteiger partial charge in [0, 0.05) is 31.9 Å². The van der Waals surface area contributed by atoms with E-state index in [-0.39, 0.29) is 12.0 Å². The molecule has 1 unspecified atom stereocenters. The van der Waals surface area contributed by atoms with Crippen molar-refractivity contribution in [1.29, 1.82) is 0 Å². The second-order valence-corrected chi connectivity index (χ2v) is 8.27. The van der Waals surface area contributed by atoms with Gasteiger partial charge in [0.2, 0.25) is 5.91 Å². The third-order valence-corrected chi connectivity index (χ3v) is 5.99. The van der Waals surface area contributed by atoms with E-state index in [1.54, 1.807) is 0 Å². The monoisotopic (exact) mass is 435 g/mol. The fourth-order valence-corrected chi connectivity index (χ4v) is 4.24. The number of rotatable bonds is 5.